The third-order valence-corrected chi connectivity index (χ3v) is 14.2. The Morgan fingerprint density at radius 2 is 1.50 bits per heavy atom. The van der Waals surface area contributed by atoms with Crippen LogP contribution in [-0.2, 0) is 31.3 Å². The average molecular weight is 711 g/mol. The molecule has 0 unspecified atom stereocenters. The van der Waals surface area contributed by atoms with E-state index in [9.17, 15) is 5.11 Å². The van der Waals surface area contributed by atoms with Crippen LogP contribution in [0.1, 0.15) is 64.3 Å². The maximum absolute atomic E-state index is 10.8. The van der Waals surface area contributed by atoms with Crippen molar-refractivity contribution in [2.24, 2.45) is 0 Å². The Balaban J connectivity index is 1.58. The first-order valence-electron chi connectivity index (χ1n) is 17.0. The molecule has 50 heavy (non-hydrogen) atoms. The average Bonchev–Trinajstić information content (AvgIpc) is 3.68. The Bertz CT molecular complexity index is 1650. The number of methoxy groups -OCH3 is 2. The number of ether oxygens (including phenoxy) is 9. The molecule has 2 saturated heterocycles. The van der Waals surface area contributed by atoms with E-state index in [4.69, 9.17) is 47.1 Å². The molecular formula is C38H50O11Si. The normalized spacial score (nSPS) is 22.6. The first-order chi connectivity index (χ1) is 23.6. The Labute approximate surface area is 295 Å². The van der Waals surface area contributed by atoms with Crippen molar-refractivity contribution in [3.8, 4) is 40.2 Å². The van der Waals surface area contributed by atoms with E-state index in [0.29, 0.717) is 47.3 Å². The van der Waals surface area contributed by atoms with E-state index in [2.05, 4.69) is 33.9 Å². The number of phenolic OH excluding ortho intramolecular Hbond substituents is 1. The zero-order chi connectivity index (χ0) is 36.1. The molecule has 1 N–H and O–H groups in total. The van der Waals surface area contributed by atoms with Crippen molar-refractivity contribution in [1.29, 1.82) is 0 Å². The Morgan fingerprint density at radius 1 is 0.860 bits per heavy atom. The van der Waals surface area contributed by atoms with E-state index in [1.54, 1.807) is 12.1 Å². The van der Waals surface area contributed by atoms with E-state index in [1.165, 1.54) is 14.2 Å². The van der Waals surface area contributed by atoms with Gasteiger partial charge in [-0.3, -0.25) is 0 Å². The Morgan fingerprint density at radius 3 is 2.06 bits per heavy atom. The number of aromatic hydroxyl groups is 1. The van der Waals surface area contributed by atoms with Crippen LogP contribution in [0.15, 0.2) is 48.5 Å². The molecule has 3 aromatic rings. The Kier molecular flexibility index (Phi) is 9.72. The van der Waals surface area contributed by atoms with Crippen molar-refractivity contribution < 1.29 is 52.2 Å². The van der Waals surface area contributed by atoms with Crippen molar-refractivity contribution in [3.05, 3.63) is 65.2 Å². The van der Waals surface area contributed by atoms with E-state index in [0.717, 1.165) is 5.56 Å². The predicted octanol–water partition coefficient (Wildman–Crippen LogP) is 7.62. The van der Waals surface area contributed by atoms with Gasteiger partial charge in [-0.25, -0.2) is 0 Å². The van der Waals surface area contributed by atoms with Crippen LogP contribution in [0.2, 0.25) is 18.1 Å². The molecule has 11 nitrogen and oxygen atoms in total. The fourth-order valence-corrected chi connectivity index (χ4v) is 7.09. The zero-order valence-corrected chi connectivity index (χ0v) is 31.7. The van der Waals surface area contributed by atoms with Gasteiger partial charge in [-0.2, -0.15) is 0 Å². The molecule has 2 fully saturated rings. The summed E-state index contributed by atoms with van der Waals surface area (Å²) >= 11 is 0. The minimum atomic E-state index is -2.46. The fourth-order valence-electron chi connectivity index (χ4n) is 6.08. The maximum atomic E-state index is 10.8. The molecule has 0 aromatic heterocycles. The van der Waals surface area contributed by atoms with Crippen LogP contribution in [-0.4, -0.2) is 65.5 Å². The van der Waals surface area contributed by atoms with E-state index < -0.39 is 38.2 Å². The first-order valence-corrected chi connectivity index (χ1v) is 19.9. The fraction of sp³-hybridized carbons (Fsp3) is 0.526. The topological polar surface area (TPSA) is 113 Å². The van der Waals surface area contributed by atoms with Crippen LogP contribution in [0.3, 0.4) is 0 Å². The maximum Gasteiger partial charge on any atom is 0.250 e. The van der Waals surface area contributed by atoms with Crippen LogP contribution < -0.4 is 28.1 Å². The van der Waals surface area contributed by atoms with Crippen molar-refractivity contribution in [3.63, 3.8) is 0 Å². The second-order valence-electron chi connectivity index (χ2n) is 15.0. The summed E-state index contributed by atoms with van der Waals surface area (Å²) < 4.78 is 63.8. The lowest BCUT2D eigenvalue weighted by atomic mass is 9.96. The molecule has 3 aliphatic rings. The molecular weight excluding hydrogens is 660 g/mol. The number of hydrogen-bond acceptors (Lipinski definition) is 11. The molecule has 0 spiro atoms. The minimum Gasteiger partial charge on any atom is -0.541 e. The highest BCUT2D eigenvalue weighted by atomic mass is 28.4. The van der Waals surface area contributed by atoms with Gasteiger partial charge in [0.2, 0.25) is 17.2 Å². The van der Waals surface area contributed by atoms with Gasteiger partial charge in [0.15, 0.2) is 46.8 Å². The third kappa shape index (κ3) is 6.96. The van der Waals surface area contributed by atoms with E-state index in [1.807, 2.05) is 57.2 Å². The molecule has 0 saturated carbocycles. The van der Waals surface area contributed by atoms with Crippen LogP contribution in [0.5, 0.6) is 40.2 Å². The van der Waals surface area contributed by atoms with E-state index in [-0.39, 0.29) is 35.5 Å². The summed E-state index contributed by atoms with van der Waals surface area (Å²) in [6, 6.07) is 15.2. The largest absolute Gasteiger partial charge is 0.541 e. The summed E-state index contributed by atoms with van der Waals surface area (Å²) in [5, 5.41) is 10.7. The van der Waals surface area contributed by atoms with Crippen molar-refractivity contribution in [2.45, 2.75) is 96.2 Å². The SMILES string of the molecule is COc1cc([C@H]2Oc3c(O[Si](C)(C)C(C)(C)C)cc(C4(C)OCCO4)c(OCc4ccccc4)c3O[C@@H]2[C@H]2COC(C)(C)O2)cc(OC)c1O. The molecule has 12 heteroatoms. The zero-order valence-electron chi connectivity index (χ0n) is 30.7. The van der Waals surface area contributed by atoms with Gasteiger partial charge >= 0.3 is 0 Å². The minimum absolute atomic E-state index is 0.123. The highest BCUT2D eigenvalue weighted by molar-refractivity contribution is 6.74. The van der Waals surface area contributed by atoms with Gasteiger partial charge in [0.1, 0.15) is 12.7 Å². The second kappa shape index (κ2) is 13.5. The van der Waals surface area contributed by atoms with Crippen LogP contribution in [0.4, 0.5) is 0 Å². The second-order valence-corrected chi connectivity index (χ2v) is 19.7. The first kappa shape index (κ1) is 36.1. The molecule has 3 atom stereocenters. The smallest absolute Gasteiger partial charge is 0.250 e. The number of benzene rings is 3. The molecule has 0 radical (unpaired) electrons. The van der Waals surface area contributed by atoms with Crippen molar-refractivity contribution in [1.82, 2.24) is 0 Å². The van der Waals surface area contributed by atoms with Gasteiger partial charge in [-0.15, -0.1) is 0 Å². The lowest BCUT2D eigenvalue weighted by Crippen LogP contribution is -2.46. The van der Waals surface area contributed by atoms with Gasteiger partial charge in [0.05, 0.1) is 39.6 Å². The summed E-state index contributed by atoms with van der Waals surface area (Å²) in [5.74, 6) is -0.0603. The monoisotopic (exact) mass is 710 g/mol. The Hall–Kier alpha value is -3.68. The molecule has 0 amide bonds. The van der Waals surface area contributed by atoms with Gasteiger partial charge in [0.25, 0.3) is 8.32 Å². The molecule has 272 valence electrons. The van der Waals surface area contributed by atoms with Crippen LogP contribution >= 0.6 is 0 Å². The van der Waals surface area contributed by atoms with Crippen LogP contribution in [0.25, 0.3) is 0 Å². The summed E-state index contributed by atoms with van der Waals surface area (Å²) in [5.41, 5.74) is 2.22. The highest BCUT2D eigenvalue weighted by Crippen LogP contribution is 2.58. The highest BCUT2D eigenvalue weighted by Gasteiger charge is 2.50. The van der Waals surface area contributed by atoms with Crippen molar-refractivity contribution >= 4 is 8.32 Å². The van der Waals surface area contributed by atoms with Gasteiger partial charge in [0, 0.05) is 5.56 Å². The quantitative estimate of drug-likeness (QED) is 0.210. The number of phenols is 1. The number of fused-ring (bicyclic) bond motifs is 1. The lowest BCUT2D eigenvalue weighted by molar-refractivity contribution is -0.159. The molecule has 6 rings (SSSR count). The standard InChI is InChI=1S/C38H50O11Si/c1-36(2,3)50(9,10)49-28-20-25(38(6)43-16-17-44-38)32(42-21-23-14-12-11-13-15-23)35-33(28)46-31(34(47-35)29-22-45-37(4,5)48-29)24-18-26(40-7)30(39)27(19-24)41-8/h11-15,18-20,29,31,34,39H,16-17,21-22H2,1-10H3/t29-,31-,34-/m1/s1. The summed E-state index contributed by atoms with van der Waals surface area (Å²) in [7, 11) is 0.509. The predicted molar refractivity (Wildman–Crippen MR) is 188 cm³/mol. The molecule has 0 bridgehead atoms. The molecule has 3 aliphatic heterocycles. The van der Waals surface area contributed by atoms with Crippen LogP contribution in [0, 0.1) is 0 Å². The molecule has 3 aromatic carbocycles. The van der Waals surface area contributed by atoms with E-state index >= 15 is 0 Å². The number of rotatable bonds is 10. The lowest BCUT2D eigenvalue weighted by Gasteiger charge is -2.41. The summed E-state index contributed by atoms with van der Waals surface area (Å²) in [4.78, 5) is 0. The summed E-state index contributed by atoms with van der Waals surface area (Å²) in [6.07, 6.45) is -2.09. The van der Waals surface area contributed by atoms with Crippen molar-refractivity contribution in [2.75, 3.05) is 34.0 Å². The molecule has 0 aliphatic carbocycles. The van der Waals surface area contributed by atoms with Gasteiger partial charge < -0.3 is 52.2 Å². The summed E-state index contributed by atoms with van der Waals surface area (Å²) in [6.45, 7) is 17.8. The van der Waals surface area contributed by atoms with Gasteiger partial charge in [-0.1, -0.05) is 51.1 Å². The number of hydrogen-bond donors (Lipinski definition) is 1. The molecule has 3 heterocycles. The van der Waals surface area contributed by atoms with Gasteiger partial charge in [-0.05, 0) is 62.7 Å². The third-order valence-electron chi connectivity index (χ3n) is 9.91.